The predicted molar refractivity (Wildman–Crippen MR) is 83.8 cm³/mol. The Morgan fingerprint density at radius 3 is 1.85 bits per heavy atom. The Morgan fingerprint density at radius 1 is 1.00 bits per heavy atom. The van der Waals surface area contributed by atoms with E-state index in [9.17, 15) is 0 Å². The van der Waals surface area contributed by atoms with Crippen molar-refractivity contribution in [2.45, 2.75) is 40.7 Å². The van der Waals surface area contributed by atoms with Gasteiger partial charge in [-0.05, 0) is 33.2 Å². The van der Waals surface area contributed by atoms with Crippen molar-refractivity contribution < 1.29 is 18.4 Å². The van der Waals surface area contributed by atoms with E-state index >= 15 is 0 Å². The molecule has 0 aromatic rings. The SMILES string of the molecule is CCO[Si](CC(C)CN(CC)CCO)(OCC)OCC. The Labute approximate surface area is 125 Å². The van der Waals surface area contributed by atoms with Crippen LogP contribution in [-0.2, 0) is 13.3 Å². The van der Waals surface area contributed by atoms with E-state index in [1.165, 1.54) is 0 Å². The number of hydrogen-bond donors (Lipinski definition) is 1. The van der Waals surface area contributed by atoms with E-state index in [1.807, 2.05) is 20.8 Å². The summed E-state index contributed by atoms with van der Waals surface area (Å²) in [6.07, 6.45) is 0. The van der Waals surface area contributed by atoms with Crippen molar-refractivity contribution in [1.29, 1.82) is 0 Å². The molecule has 1 unspecified atom stereocenters. The minimum absolute atomic E-state index is 0.200. The highest BCUT2D eigenvalue weighted by atomic mass is 28.4. The molecule has 1 N–H and O–H groups in total. The zero-order chi connectivity index (χ0) is 15.4. The van der Waals surface area contributed by atoms with Crippen LogP contribution in [0.4, 0.5) is 0 Å². The number of hydrogen-bond acceptors (Lipinski definition) is 5. The van der Waals surface area contributed by atoms with Gasteiger partial charge in [-0.3, -0.25) is 0 Å². The Balaban J connectivity index is 4.59. The molecule has 0 aliphatic carbocycles. The Bertz CT molecular complexity index is 214. The van der Waals surface area contributed by atoms with Crippen molar-refractivity contribution in [2.75, 3.05) is 46.1 Å². The van der Waals surface area contributed by atoms with Gasteiger partial charge in [-0.2, -0.15) is 0 Å². The summed E-state index contributed by atoms with van der Waals surface area (Å²) in [7, 11) is -2.55. The van der Waals surface area contributed by atoms with E-state index in [4.69, 9.17) is 18.4 Å². The van der Waals surface area contributed by atoms with Crippen LogP contribution >= 0.6 is 0 Å². The van der Waals surface area contributed by atoms with Crippen LogP contribution in [0.3, 0.4) is 0 Å². The number of rotatable bonds is 13. The lowest BCUT2D eigenvalue weighted by Gasteiger charge is -2.32. The highest BCUT2D eigenvalue weighted by Crippen LogP contribution is 2.22. The van der Waals surface area contributed by atoms with Crippen molar-refractivity contribution in [3.63, 3.8) is 0 Å². The fourth-order valence-electron chi connectivity index (χ4n) is 2.41. The zero-order valence-electron chi connectivity index (χ0n) is 13.9. The first kappa shape index (κ1) is 20.0. The number of aliphatic hydroxyl groups excluding tert-OH is 1. The smallest absolute Gasteiger partial charge is 0.395 e. The third kappa shape index (κ3) is 7.71. The normalized spacial score (nSPS) is 13.9. The summed E-state index contributed by atoms with van der Waals surface area (Å²) in [6, 6.07) is 0.824. The van der Waals surface area contributed by atoms with E-state index in [0.717, 1.165) is 19.1 Å². The summed E-state index contributed by atoms with van der Waals surface area (Å²) in [5, 5.41) is 9.06. The van der Waals surface area contributed by atoms with E-state index < -0.39 is 8.80 Å². The number of nitrogens with zero attached hydrogens (tertiary/aromatic N) is 1. The molecule has 0 aliphatic rings. The van der Waals surface area contributed by atoms with Gasteiger partial charge in [0.1, 0.15) is 0 Å². The molecule has 6 heteroatoms. The lowest BCUT2D eigenvalue weighted by atomic mass is 10.2. The fraction of sp³-hybridized carbons (Fsp3) is 1.00. The monoisotopic (exact) mass is 307 g/mol. The minimum Gasteiger partial charge on any atom is -0.395 e. The fourth-order valence-corrected chi connectivity index (χ4v) is 5.32. The standard InChI is InChI=1S/C14H33NO4Si/c1-6-15(10-11-16)12-14(5)13-20(17-7-2,18-8-3)19-9-4/h14,16H,6-13H2,1-5H3. The van der Waals surface area contributed by atoms with E-state index in [2.05, 4.69) is 18.7 Å². The molecule has 0 rings (SSSR count). The lowest BCUT2D eigenvalue weighted by molar-refractivity contribution is 0.0653. The van der Waals surface area contributed by atoms with Gasteiger partial charge in [0, 0.05) is 39.0 Å². The maximum atomic E-state index is 9.06. The largest absolute Gasteiger partial charge is 0.501 e. The summed E-state index contributed by atoms with van der Waals surface area (Å²) in [5.74, 6) is 0.415. The van der Waals surface area contributed by atoms with Crippen molar-refractivity contribution in [3.05, 3.63) is 0 Å². The van der Waals surface area contributed by atoms with Crippen molar-refractivity contribution in [1.82, 2.24) is 4.90 Å². The molecule has 0 aromatic heterocycles. The summed E-state index contributed by atoms with van der Waals surface area (Å²) in [5.41, 5.74) is 0. The maximum Gasteiger partial charge on any atom is 0.501 e. The molecule has 0 saturated carbocycles. The molecule has 0 amide bonds. The quantitative estimate of drug-likeness (QED) is 0.527. The highest BCUT2D eigenvalue weighted by molar-refractivity contribution is 6.60. The Kier molecular flexibility index (Phi) is 11.7. The molecule has 20 heavy (non-hydrogen) atoms. The van der Waals surface area contributed by atoms with Crippen LogP contribution in [0, 0.1) is 5.92 Å². The maximum absolute atomic E-state index is 9.06. The van der Waals surface area contributed by atoms with Gasteiger partial charge in [-0.1, -0.05) is 13.8 Å². The molecular weight excluding hydrogens is 274 g/mol. The topological polar surface area (TPSA) is 51.2 Å². The molecule has 1 atom stereocenters. The van der Waals surface area contributed by atoms with Crippen LogP contribution in [0.2, 0.25) is 6.04 Å². The predicted octanol–water partition coefficient (Wildman–Crippen LogP) is 1.99. The second-order valence-electron chi connectivity index (χ2n) is 4.91. The second kappa shape index (κ2) is 11.7. The summed E-state index contributed by atoms with van der Waals surface area (Å²) in [4.78, 5) is 2.24. The highest BCUT2D eigenvalue weighted by Gasteiger charge is 2.41. The van der Waals surface area contributed by atoms with Crippen LogP contribution in [0.25, 0.3) is 0 Å². The lowest BCUT2D eigenvalue weighted by Crippen LogP contribution is -2.48. The molecule has 0 radical (unpaired) electrons. The van der Waals surface area contributed by atoms with Gasteiger partial charge in [0.25, 0.3) is 0 Å². The molecule has 0 spiro atoms. The molecule has 0 heterocycles. The van der Waals surface area contributed by atoms with E-state index in [0.29, 0.717) is 32.3 Å². The number of aliphatic hydroxyl groups is 1. The van der Waals surface area contributed by atoms with E-state index in [1.54, 1.807) is 0 Å². The van der Waals surface area contributed by atoms with Crippen molar-refractivity contribution in [3.8, 4) is 0 Å². The third-order valence-corrected chi connectivity index (χ3v) is 6.51. The summed E-state index contributed by atoms with van der Waals surface area (Å²) < 4.78 is 17.6. The van der Waals surface area contributed by atoms with Crippen LogP contribution < -0.4 is 0 Å². The zero-order valence-corrected chi connectivity index (χ0v) is 14.9. The van der Waals surface area contributed by atoms with Gasteiger partial charge >= 0.3 is 8.80 Å². The second-order valence-corrected chi connectivity index (χ2v) is 7.55. The number of likely N-dealkylation sites (N-methyl/N-ethyl adjacent to an activating group) is 1. The average Bonchev–Trinajstić information content (AvgIpc) is 2.39. The first-order chi connectivity index (χ1) is 9.57. The van der Waals surface area contributed by atoms with E-state index in [-0.39, 0.29) is 6.61 Å². The molecule has 0 aromatic carbocycles. The third-order valence-electron chi connectivity index (χ3n) is 3.12. The van der Waals surface area contributed by atoms with Crippen molar-refractivity contribution in [2.24, 2.45) is 5.92 Å². The first-order valence-electron chi connectivity index (χ1n) is 7.82. The molecule has 0 fully saturated rings. The Morgan fingerprint density at radius 2 is 1.50 bits per heavy atom. The van der Waals surface area contributed by atoms with Gasteiger partial charge in [0.2, 0.25) is 0 Å². The molecule has 0 saturated heterocycles. The molecule has 0 bridgehead atoms. The van der Waals surface area contributed by atoms with Gasteiger partial charge in [0.05, 0.1) is 6.61 Å². The molecule has 122 valence electrons. The van der Waals surface area contributed by atoms with Gasteiger partial charge in [-0.25, -0.2) is 0 Å². The van der Waals surface area contributed by atoms with Gasteiger partial charge < -0.3 is 23.3 Å². The average molecular weight is 308 g/mol. The summed E-state index contributed by atoms with van der Waals surface area (Å²) in [6.45, 7) is 14.9. The first-order valence-corrected chi connectivity index (χ1v) is 9.75. The van der Waals surface area contributed by atoms with Gasteiger partial charge in [0.15, 0.2) is 0 Å². The molecule has 5 nitrogen and oxygen atoms in total. The molecule has 0 aliphatic heterocycles. The van der Waals surface area contributed by atoms with Crippen LogP contribution in [0.5, 0.6) is 0 Å². The van der Waals surface area contributed by atoms with Crippen LogP contribution in [0.1, 0.15) is 34.6 Å². The minimum atomic E-state index is -2.55. The van der Waals surface area contributed by atoms with Crippen LogP contribution in [0.15, 0.2) is 0 Å². The summed E-state index contributed by atoms with van der Waals surface area (Å²) >= 11 is 0. The van der Waals surface area contributed by atoms with Gasteiger partial charge in [-0.15, -0.1) is 0 Å². The Hall–Kier alpha value is 0.0169. The van der Waals surface area contributed by atoms with Crippen molar-refractivity contribution >= 4 is 8.80 Å². The molecular formula is C14H33NO4Si. The van der Waals surface area contributed by atoms with Crippen LogP contribution in [-0.4, -0.2) is 64.9 Å².